The summed E-state index contributed by atoms with van der Waals surface area (Å²) < 4.78 is 1.87. The van der Waals surface area contributed by atoms with Gasteiger partial charge in [0.1, 0.15) is 0 Å². The van der Waals surface area contributed by atoms with E-state index in [-0.39, 0.29) is 12.3 Å². The molecule has 0 spiro atoms. The van der Waals surface area contributed by atoms with E-state index in [9.17, 15) is 4.79 Å². The predicted octanol–water partition coefficient (Wildman–Crippen LogP) is 5.48. The third-order valence-corrected chi connectivity index (χ3v) is 4.38. The van der Waals surface area contributed by atoms with Crippen LogP contribution in [0.1, 0.15) is 10.4 Å². The van der Waals surface area contributed by atoms with Crippen molar-refractivity contribution >= 4 is 51.5 Å². The molecule has 2 aromatic carbocycles. The fourth-order valence-corrected chi connectivity index (χ4v) is 2.77. The van der Waals surface area contributed by atoms with Crippen LogP contribution in [0.15, 0.2) is 48.7 Å². The summed E-state index contributed by atoms with van der Waals surface area (Å²) in [6, 6.07) is 12.4. The molecule has 3 aromatic rings. The monoisotopic (exact) mass is 337 g/mol. The lowest BCUT2D eigenvalue weighted by atomic mass is 10.1. The SMILES string of the molecule is O=C(Cn1ccc2c(Cl)cccc21)c1ccc(Cl)c(Cl)c1. The van der Waals surface area contributed by atoms with Gasteiger partial charge in [-0.25, -0.2) is 0 Å². The van der Waals surface area contributed by atoms with Crippen LogP contribution < -0.4 is 0 Å². The van der Waals surface area contributed by atoms with Crippen molar-refractivity contribution in [2.45, 2.75) is 6.54 Å². The molecule has 0 fully saturated rings. The highest BCUT2D eigenvalue weighted by molar-refractivity contribution is 6.42. The lowest BCUT2D eigenvalue weighted by Gasteiger charge is -2.06. The first kappa shape index (κ1) is 14.5. The van der Waals surface area contributed by atoms with Gasteiger partial charge in [-0.05, 0) is 36.4 Å². The van der Waals surface area contributed by atoms with Gasteiger partial charge in [-0.3, -0.25) is 4.79 Å². The molecule has 0 bridgehead atoms. The van der Waals surface area contributed by atoms with E-state index < -0.39 is 0 Å². The van der Waals surface area contributed by atoms with Crippen LogP contribution in [0, 0.1) is 0 Å². The average molecular weight is 339 g/mol. The quantitative estimate of drug-likeness (QED) is 0.579. The zero-order valence-corrected chi connectivity index (χ0v) is 13.1. The van der Waals surface area contributed by atoms with Gasteiger partial charge in [0.15, 0.2) is 5.78 Å². The van der Waals surface area contributed by atoms with E-state index in [1.54, 1.807) is 18.2 Å². The van der Waals surface area contributed by atoms with E-state index in [1.165, 1.54) is 0 Å². The molecule has 106 valence electrons. The third kappa shape index (κ3) is 2.80. The maximum Gasteiger partial charge on any atom is 0.182 e. The van der Waals surface area contributed by atoms with Crippen molar-refractivity contribution in [3.05, 3.63) is 69.3 Å². The second-order valence-corrected chi connectivity index (χ2v) is 5.89. The molecule has 0 aliphatic carbocycles. The Labute approximate surface area is 136 Å². The predicted molar refractivity (Wildman–Crippen MR) is 87.7 cm³/mol. The zero-order valence-electron chi connectivity index (χ0n) is 10.8. The molecular weight excluding hydrogens is 329 g/mol. The number of fused-ring (bicyclic) bond motifs is 1. The van der Waals surface area contributed by atoms with Gasteiger partial charge in [0.25, 0.3) is 0 Å². The number of aromatic nitrogens is 1. The largest absolute Gasteiger partial charge is 0.340 e. The smallest absolute Gasteiger partial charge is 0.182 e. The Morgan fingerprint density at radius 1 is 0.952 bits per heavy atom. The first-order valence-corrected chi connectivity index (χ1v) is 7.41. The summed E-state index contributed by atoms with van der Waals surface area (Å²) >= 11 is 17.9. The fourth-order valence-electron chi connectivity index (χ4n) is 2.24. The van der Waals surface area contributed by atoms with Crippen molar-refractivity contribution in [1.82, 2.24) is 4.57 Å². The van der Waals surface area contributed by atoms with Crippen LogP contribution in [0.25, 0.3) is 10.9 Å². The van der Waals surface area contributed by atoms with E-state index in [4.69, 9.17) is 34.8 Å². The average Bonchev–Trinajstić information content (AvgIpc) is 2.86. The minimum Gasteiger partial charge on any atom is -0.340 e. The number of Topliss-reactive ketones (excluding diaryl/α,β-unsaturated/α-hetero) is 1. The van der Waals surface area contributed by atoms with Crippen LogP contribution in [0.5, 0.6) is 0 Å². The number of hydrogen-bond donors (Lipinski definition) is 0. The minimum absolute atomic E-state index is 0.0361. The summed E-state index contributed by atoms with van der Waals surface area (Å²) in [5.74, 6) is -0.0361. The van der Waals surface area contributed by atoms with E-state index in [2.05, 4.69) is 0 Å². The Kier molecular flexibility index (Phi) is 3.94. The van der Waals surface area contributed by atoms with Gasteiger partial charge in [-0.2, -0.15) is 0 Å². The fraction of sp³-hybridized carbons (Fsp3) is 0.0625. The number of carbonyl (C=O) groups is 1. The molecule has 2 nitrogen and oxygen atoms in total. The van der Waals surface area contributed by atoms with Crippen LogP contribution >= 0.6 is 34.8 Å². The molecule has 3 rings (SSSR count). The highest BCUT2D eigenvalue weighted by Gasteiger charge is 2.11. The van der Waals surface area contributed by atoms with Crippen molar-refractivity contribution < 1.29 is 4.79 Å². The Bertz CT molecular complexity index is 839. The van der Waals surface area contributed by atoms with Gasteiger partial charge < -0.3 is 4.57 Å². The Balaban J connectivity index is 1.93. The van der Waals surface area contributed by atoms with E-state index in [1.807, 2.05) is 35.0 Å². The van der Waals surface area contributed by atoms with Crippen molar-refractivity contribution in [2.24, 2.45) is 0 Å². The molecule has 0 radical (unpaired) electrons. The van der Waals surface area contributed by atoms with Crippen molar-refractivity contribution in [1.29, 1.82) is 0 Å². The molecule has 5 heteroatoms. The standard InChI is InChI=1S/C16H10Cl3NO/c17-12-2-1-3-15-11(12)6-7-20(15)9-16(21)10-4-5-13(18)14(19)8-10/h1-8H,9H2. The third-order valence-electron chi connectivity index (χ3n) is 3.32. The van der Waals surface area contributed by atoms with Gasteiger partial charge in [-0.1, -0.05) is 40.9 Å². The number of ketones is 1. The first-order chi connectivity index (χ1) is 10.1. The number of nitrogens with zero attached hydrogens (tertiary/aromatic N) is 1. The summed E-state index contributed by atoms with van der Waals surface area (Å²) in [5, 5.41) is 2.42. The molecule has 0 aliphatic rings. The summed E-state index contributed by atoms with van der Waals surface area (Å²) in [4.78, 5) is 12.3. The van der Waals surface area contributed by atoms with Crippen LogP contribution in [0.2, 0.25) is 15.1 Å². The molecule has 0 atom stereocenters. The Morgan fingerprint density at radius 3 is 2.52 bits per heavy atom. The first-order valence-electron chi connectivity index (χ1n) is 6.28. The lowest BCUT2D eigenvalue weighted by molar-refractivity contribution is 0.0973. The highest BCUT2D eigenvalue weighted by atomic mass is 35.5. The highest BCUT2D eigenvalue weighted by Crippen LogP contribution is 2.26. The maximum absolute atomic E-state index is 12.3. The second kappa shape index (κ2) is 5.72. The number of benzene rings is 2. The summed E-state index contributed by atoms with van der Waals surface area (Å²) in [7, 11) is 0. The second-order valence-electron chi connectivity index (χ2n) is 4.67. The molecule has 0 unspecified atom stereocenters. The van der Waals surface area contributed by atoms with Crippen LogP contribution in [0.4, 0.5) is 0 Å². The van der Waals surface area contributed by atoms with Crippen LogP contribution in [-0.4, -0.2) is 10.4 Å². The molecular formula is C16H10Cl3NO. The molecule has 21 heavy (non-hydrogen) atoms. The summed E-state index contributed by atoms with van der Waals surface area (Å²) in [5.41, 5.74) is 1.46. The van der Waals surface area contributed by atoms with E-state index in [0.29, 0.717) is 20.6 Å². The molecule has 0 saturated carbocycles. The molecule has 1 heterocycles. The van der Waals surface area contributed by atoms with Gasteiger partial charge in [0, 0.05) is 27.7 Å². The Morgan fingerprint density at radius 2 is 1.76 bits per heavy atom. The van der Waals surface area contributed by atoms with Crippen LogP contribution in [0.3, 0.4) is 0 Å². The number of rotatable bonds is 3. The molecule has 0 N–H and O–H groups in total. The number of carbonyl (C=O) groups excluding carboxylic acids is 1. The van der Waals surface area contributed by atoms with Gasteiger partial charge >= 0.3 is 0 Å². The van der Waals surface area contributed by atoms with E-state index in [0.717, 1.165) is 10.9 Å². The topological polar surface area (TPSA) is 22.0 Å². The van der Waals surface area contributed by atoms with Crippen LogP contribution in [-0.2, 0) is 6.54 Å². The Hall–Kier alpha value is -1.48. The van der Waals surface area contributed by atoms with Gasteiger partial charge in [0.2, 0.25) is 0 Å². The number of halogens is 3. The normalized spacial score (nSPS) is 11.0. The van der Waals surface area contributed by atoms with Gasteiger partial charge in [0.05, 0.1) is 16.6 Å². The molecule has 1 aromatic heterocycles. The zero-order chi connectivity index (χ0) is 15.0. The number of hydrogen-bond acceptors (Lipinski definition) is 1. The molecule has 0 amide bonds. The van der Waals surface area contributed by atoms with Crippen molar-refractivity contribution in [3.63, 3.8) is 0 Å². The molecule has 0 saturated heterocycles. The summed E-state index contributed by atoms with van der Waals surface area (Å²) in [6.07, 6.45) is 1.85. The molecule has 0 aliphatic heterocycles. The maximum atomic E-state index is 12.3. The lowest BCUT2D eigenvalue weighted by Crippen LogP contribution is -2.09. The van der Waals surface area contributed by atoms with Gasteiger partial charge in [-0.15, -0.1) is 0 Å². The van der Waals surface area contributed by atoms with Crippen molar-refractivity contribution in [2.75, 3.05) is 0 Å². The van der Waals surface area contributed by atoms with E-state index >= 15 is 0 Å². The van der Waals surface area contributed by atoms with Crippen molar-refractivity contribution in [3.8, 4) is 0 Å². The summed E-state index contributed by atoms with van der Waals surface area (Å²) in [6.45, 7) is 0.224. The minimum atomic E-state index is -0.0361.